The highest BCUT2D eigenvalue weighted by Gasteiger charge is 2.32. The van der Waals surface area contributed by atoms with Gasteiger partial charge in [0.15, 0.2) is 0 Å². The maximum absolute atomic E-state index is 13.3. The molecule has 1 saturated carbocycles. The molecule has 5 nitrogen and oxygen atoms in total. The first-order valence-corrected chi connectivity index (χ1v) is 10.9. The Morgan fingerprint density at radius 2 is 1.93 bits per heavy atom. The molecule has 0 aliphatic heterocycles. The molecule has 1 fully saturated rings. The Hall–Kier alpha value is -2.17. The minimum atomic E-state index is -0.206. The van der Waals surface area contributed by atoms with Crippen LogP contribution in [0.4, 0.5) is 0 Å². The Balaban J connectivity index is 2.00. The normalized spacial score (nSPS) is 15.8. The van der Waals surface area contributed by atoms with Crippen LogP contribution in [0.15, 0.2) is 29.1 Å². The van der Waals surface area contributed by atoms with Crippen molar-refractivity contribution < 1.29 is 4.79 Å². The molecule has 0 radical (unpaired) electrons. The van der Waals surface area contributed by atoms with Crippen LogP contribution in [0.5, 0.6) is 0 Å². The van der Waals surface area contributed by atoms with Gasteiger partial charge in [0, 0.05) is 19.0 Å². The smallest absolute Gasteiger partial charge is 0.261 e. The van der Waals surface area contributed by atoms with Crippen molar-refractivity contribution in [3.8, 4) is 0 Å². The number of hydrogen-bond donors (Lipinski definition) is 0. The summed E-state index contributed by atoms with van der Waals surface area (Å²) in [4.78, 5) is 33.2. The van der Waals surface area contributed by atoms with E-state index in [1.54, 1.807) is 4.57 Å². The molecule has 28 heavy (non-hydrogen) atoms. The van der Waals surface area contributed by atoms with Crippen LogP contribution in [0, 0.1) is 5.92 Å². The molecule has 0 bridgehead atoms. The van der Waals surface area contributed by atoms with Crippen molar-refractivity contribution in [2.75, 3.05) is 6.54 Å². The predicted molar refractivity (Wildman–Crippen MR) is 113 cm³/mol. The Kier molecular flexibility index (Phi) is 6.87. The van der Waals surface area contributed by atoms with Gasteiger partial charge < -0.3 is 4.90 Å². The Morgan fingerprint density at radius 1 is 1.21 bits per heavy atom. The summed E-state index contributed by atoms with van der Waals surface area (Å²) in [5.41, 5.74) is 0.692. The maximum Gasteiger partial charge on any atom is 0.261 e. The zero-order valence-corrected chi connectivity index (χ0v) is 17.5. The largest absolute Gasteiger partial charge is 0.333 e. The molecule has 3 rings (SSSR count). The molecule has 1 amide bonds. The second-order valence-electron chi connectivity index (χ2n) is 7.93. The van der Waals surface area contributed by atoms with E-state index in [-0.39, 0.29) is 23.4 Å². The second kappa shape index (κ2) is 9.35. The predicted octanol–water partition coefficient (Wildman–Crippen LogP) is 4.69. The first-order chi connectivity index (χ1) is 13.6. The van der Waals surface area contributed by atoms with Gasteiger partial charge in [-0.3, -0.25) is 14.2 Å². The minimum absolute atomic E-state index is 0.0169. The fourth-order valence-corrected chi connectivity index (χ4v) is 4.38. The van der Waals surface area contributed by atoms with Gasteiger partial charge in [-0.25, -0.2) is 4.98 Å². The fourth-order valence-electron chi connectivity index (χ4n) is 4.38. The molecule has 2 aromatic rings. The van der Waals surface area contributed by atoms with E-state index in [1.807, 2.05) is 43.0 Å². The van der Waals surface area contributed by atoms with E-state index in [2.05, 4.69) is 6.92 Å². The molecule has 5 heteroatoms. The number of hydrogen-bond acceptors (Lipinski definition) is 3. The molecule has 1 unspecified atom stereocenters. The monoisotopic (exact) mass is 383 g/mol. The van der Waals surface area contributed by atoms with Gasteiger partial charge in [-0.15, -0.1) is 0 Å². The highest BCUT2D eigenvalue weighted by molar-refractivity contribution is 5.80. The van der Waals surface area contributed by atoms with Crippen LogP contribution >= 0.6 is 0 Å². The Bertz CT molecular complexity index is 868. The maximum atomic E-state index is 13.3. The third kappa shape index (κ3) is 4.13. The van der Waals surface area contributed by atoms with Crippen LogP contribution < -0.4 is 5.56 Å². The molecule has 0 saturated heterocycles. The van der Waals surface area contributed by atoms with E-state index in [0.717, 1.165) is 51.5 Å². The van der Waals surface area contributed by atoms with Crippen molar-refractivity contribution in [1.82, 2.24) is 14.5 Å². The zero-order chi connectivity index (χ0) is 20.1. The highest BCUT2D eigenvalue weighted by atomic mass is 16.2. The number of fused-ring (bicyclic) bond motifs is 1. The molecule has 1 aromatic carbocycles. The van der Waals surface area contributed by atoms with Gasteiger partial charge in [0.05, 0.1) is 16.9 Å². The molecule has 0 spiro atoms. The van der Waals surface area contributed by atoms with Crippen molar-refractivity contribution in [2.45, 2.75) is 78.3 Å². The third-order valence-corrected chi connectivity index (χ3v) is 6.04. The summed E-state index contributed by atoms with van der Waals surface area (Å²) in [7, 11) is 0. The van der Waals surface area contributed by atoms with Gasteiger partial charge >= 0.3 is 0 Å². The summed E-state index contributed by atoms with van der Waals surface area (Å²) in [6.45, 7) is 7.45. The van der Waals surface area contributed by atoms with Gasteiger partial charge in [-0.05, 0) is 45.2 Å². The number of amides is 1. The molecule has 152 valence electrons. The number of rotatable bonds is 8. The van der Waals surface area contributed by atoms with Crippen LogP contribution in [-0.2, 0) is 11.3 Å². The summed E-state index contributed by atoms with van der Waals surface area (Å²) < 4.78 is 1.74. The Morgan fingerprint density at radius 3 is 2.61 bits per heavy atom. The van der Waals surface area contributed by atoms with Gasteiger partial charge in [-0.2, -0.15) is 0 Å². The number of para-hydroxylation sites is 1. The summed E-state index contributed by atoms with van der Waals surface area (Å²) in [5.74, 6) is 1.08. The van der Waals surface area contributed by atoms with Crippen LogP contribution in [0.1, 0.15) is 77.6 Å². The van der Waals surface area contributed by atoms with Crippen molar-refractivity contribution in [1.29, 1.82) is 0 Å². The lowest BCUT2D eigenvalue weighted by molar-refractivity contribution is -0.138. The standard InChI is InChI=1S/C23H33N3O2/c1-4-6-11-16-26(22(27)18-12-7-8-13-18)17(3)21-24-20-15-10-9-14-19(20)23(28)25(21)5-2/h9-10,14-15,17-18H,4-8,11-13,16H2,1-3H3. The SMILES string of the molecule is CCCCCN(C(=O)C1CCCC1)C(C)c1nc2ccccc2c(=O)n1CC. The lowest BCUT2D eigenvalue weighted by Crippen LogP contribution is -2.40. The number of unbranched alkanes of at least 4 members (excludes halogenated alkanes) is 2. The minimum Gasteiger partial charge on any atom is -0.333 e. The molecule has 1 aliphatic rings. The summed E-state index contributed by atoms with van der Waals surface area (Å²) in [6.07, 6.45) is 7.47. The molecule has 1 aliphatic carbocycles. The first kappa shape index (κ1) is 20.6. The van der Waals surface area contributed by atoms with Gasteiger partial charge in [0.25, 0.3) is 5.56 Å². The number of carbonyl (C=O) groups excluding carboxylic acids is 1. The van der Waals surface area contributed by atoms with Crippen molar-refractivity contribution >= 4 is 16.8 Å². The quantitative estimate of drug-likeness (QED) is 0.622. The molecular weight excluding hydrogens is 350 g/mol. The highest BCUT2D eigenvalue weighted by Crippen LogP contribution is 2.30. The Labute approximate surface area is 167 Å². The average molecular weight is 384 g/mol. The topological polar surface area (TPSA) is 55.2 Å². The van der Waals surface area contributed by atoms with E-state index < -0.39 is 0 Å². The van der Waals surface area contributed by atoms with E-state index in [1.165, 1.54) is 0 Å². The number of carbonyl (C=O) groups is 1. The molecular formula is C23H33N3O2. The lowest BCUT2D eigenvalue weighted by Gasteiger charge is -2.32. The summed E-state index contributed by atoms with van der Waals surface area (Å²) in [5, 5.41) is 0.639. The molecule has 1 atom stereocenters. The number of benzene rings is 1. The van der Waals surface area contributed by atoms with E-state index >= 15 is 0 Å². The molecule has 0 N–H and O–H groups in total. The van der Waals surface area contributed by atoms with Gasteiger partial charge in [0.2, 0.25) is 5.91 Å². The fraction of sp³-hybridized carbons (Fsp3) is 0.609. The van der Waals surface area contributed by atoms with Crippen molar-refractivity contribution in [2.24, 2.45) is 5.92 Å². The number of aromatic nitrogens is 2. The lowest BCUT2D eigenvalue weighted by atomic mass is 10.0. The van der Waals surface area contributed by atoms with Crippen molar-refractivity contribution in [3.05, 3.63) is 40.4 Å². The molecule has 1 aromatic heterocycles. The van der Waals surface area contributed by atoms with Crippen LogP contribution in [0.25, 0.3) is 10.9 Å². The summed E-state index contributed by atoms with van der Waals surface area (Å²) in [6, 6.07) is 7.28. The van der Waals surface area contributed by atoms with Crippen LogP contribution in [0.2, 0.25) is 0 Å². The number of nitrogens with zero attached hydrogens (tertiary/aromatic N) is 3. The van der Waals surface area contributed by atoms with Gasteiger partial charge in [-0.1, -0.05) is 44.7 Å². The van der Waals surface area contributed by atoms with Crippen molar-refractivity contribution in [3.63, 3.8) is 0 Å². The van der Waals surface area contributed by atoms with E-state index in [4.69, 9.17) is 4.98 Å². The third-order valence-electron chi connectivity index (χ3n) is 6.04. The summed E-state index contributed by atoms with van der Waals surface area (Å²) >= 11 is 0. The first-order valence-electron chi connectivity index (χ1n) is 10.9. The van der Waals surface area contributed by atoms with Crippen LogP contribution in [0.3, 0.4) is 0 Å². The zero-order valence-electron chi connectivity index (χ0n) is 17.5. The van der Waals surface area contributed by atoms with E-state index in [9.17, 15) is 9.59 Å². The van der Waals surface area contributed by atoms with E-state index in [0.29, 0.717) is 23.3 Å². The average Bonchev–Trinajstić information content (AvgIpc) is 3.25. The van der Waals surface area contributed by atoms with Crippen LogP contribution in [-0.4, -0.2) is 26.9 Å². The van der Waals surface area contributed by atoms with Gasteiger partial charge in [0.1, 0.15) is 5.82 Å². The second-order valence-corrected chi connectivity index (χ2v) is 7.93. The molecule has 1 heterocycles.